The summed E-state index contributed by atoms with van der Waals surface area (Å²) >= 11 is 0. The number of rotatable bonds is 11. The number of hydrogen-bond donors (Lipinski definition) is 0. The molecule has 0 heterocycles. The summed E-state index contributed by atoms with van der Waals surface area (Å²) < 4.78 is 0. The Morgan fingerprint density at radius 3 is 2.25 bits per heavy atom. The second-order valence-corrected chi connectivity index (χ2v) is 7.03. The maximum atomic E-state index is 4.44. The normalized spacial score (nSPS) is 13.3. The maximum absolute atomic E-state index is 4.44. The van der Waals surface area contributed by atoms with Gasteiger partial charge < -0.3 is 0 Å². The summed E-state index contributed by atoms with van der Waals surface area (Å²) in [5, 5.41) is 0. The van der Waals surface area contributed by atoms with Gasteiger partial charge in [0, 0.05) is 5.92 Å². The Bertz CT molecular complexity index is 515. The molecule has 1 rings (SSSR count). The van der Waals surface area contributed by atoms with Crippen LogP contribution < -0.4 is 0 Å². The molecule has 0 heteroatoms. The molecular formula is C24H38. The van der Waals surface area contributed by atoms with Crippen molar-refractivity contribution in [2.75, 3.05) is 0 Å². The molecular weight excluding hydrogens is 288 g/mol. The molecule has 1 aromatic rings. The van der Waals surface area contributed by atoms with E-state index in [4.69, 9.17) is 0 Å². The van der Waals surface area contributed by atoms with Gasteiger partial charge in [0.25, 0.3) is 0 Å². The van der Waals surface area contributed by atoms with Crippen molar-refractivity contribution in [3.05, 3.63) is 59.2 Å². The van der Waals surface area contributed by atoms with E-state index in [-0.39, 0.29) is 0 Å². The highest BCUT2D eigenvalue weighted by molar-refractivity contribution is 5.31. The minimum absolute atomic E-state index is 0.533. The SMILES string of the molecule is C=C(Cc1cccc(C(CCC)CCC)c1)C(CC)/C(=C\C)CC. The van der Waals surface area contributed by atoms with E-state index < -0.39 is 0 Å². The fourth-order valence-corrected chi connectivity index (χ4v) is 3.98. The van der Waals surface area contributed by atoms with Gasteiger partial charge in [0.15, 0.2) is 0 Å². The average Bonchev–Trinajstić information content (AvgIpc) is 2.59. The molecule has 0 N–H and O–H groups in total. The minimum Gasteiger partial charge on any atom is -0.0989 e. The lowest BCUT2D eigenvalue weighted by molar-refractivity contribution is 0.560. The van der Waals surface area contributed by atoms with Crippen LogP contribution in [0, 0.1) is 5.92 Å². The van der Waals surface area contributed by atoms with Crippen LogP contribution in [0.1, 0.15) is 90.2 Å². The van der Waals surface area contributed by atoms with Crippen molar-refractivity contribution >= 4 is 0 Å². The second kappa shape index (κ2) is 11.3. The lowest BCUT2D eigenvalue weighted by Crippen LogP contribution is -2.08. The molecule has 0 aliphatic heterocycles. The van der Waals surface area contributed by atoms with Gasteiger partial charge in [-0.2, -0.15) is 0 Å². The number of hydrogen-bond acceptors (Lipinski definition) is 0. The van der Waals surface area contributed by atoms with Crippen LogP contribution in [0.2, 0.25) is 0 Å². The van der Waals surface area contributed by atoms with Crippen LogP contribution in [0.15, 0.2) is 48.1 Å². The van der Waals surface area contributed by atoms with E-state index in [0.29, 0.717) is 5.92 Å². The van der Waals surface area contributed by atoms with E-state index >= 15 is 0 Å². The van der Waals surface area contributed by atoms with Crippen LogP contribution in [-0.2, 0) is 6.42 Å². The molecule has 134 valence electrons. The first-order valence-electron chi connectivity index (χ1n) is 10.0. The summed E-state index contributed by atoms with van der Waals surface area (Å²) in [4.78, 5) is 0. The molecule has 0 aromatic heterocycles. The van der Waals surface area contributed by atoms with Crippen molar-refractivity contribution in [2.24, 2.45) is 5.92 Å². The van der Waals surface area contributed by atoms with Crippen LogP contribution in [0.4, 0.5) is 0 Å². The van der Waals surface area contributed by atoms with Crippen LogP contribution in [-0.4, -0.2) is 0 Å². The zero-order valence-electron chi connectivity index (χ0n) is 16.7. The Balaban J connectivity index is 2.91. The fraction of sp³-hybridized carbons (Fsp3) is 0.583. The molecule has 0 saturated heterocycles. The van der Waals surface area contributed by atoms with Crippen molar-refractivity contribution in [1.29, 1.82) is 0 Å². The average molecular weight is 327 g/mol. The summed E-state index contributed by atoms with van der Waals surface area (Å²) in [6.45, 7) is 15.7. The summed E-state index contributed by atoms with van der Waals surface area (Å²) in [6, 6.07) is 9.28. The lowest BCUT2D eigenvalue weighted by atomic mass is 9.83. The largest absolute Gasteiger partial charge is 0.0989 e. The second-order valence-electron chi connectivity index (χ2n) is 7.03. The van der Waals surface area contributed by atoms with Gasteiger partial charge in [-0.3, -0.25) is 0 Å². The zero-order valence-corrected chi connectivity index (χ0v) is 16.7. The van der Waals surface area contributed by atoms with Gasteiger partial charge in [-0.25, -0.2) is 0 Å². The number of benzene rings is 1. The van der Waals surface area contributed by atoms with Gasteiger partial charge in [-0.05, 0) is 56.1 Å². The molecule has 24 heavy (non-hydrogen) atoms. The van der Waals surface area contributed by atoms with Crippen LogP contribution in [0.25, 0.3) is 0 Å². The molecule has 1 aromatic carbocycles. The summed E-state index contributed by atoms with van der Waals surface area (Å²) in [5.74, 6) is 1.25. The van der Waals surface area contributed by atoms with Gasteiger partial charge in [0.2, 0.25) is 0 Å². The van der Waals surface area contributed by atoms with E-state index in [9.17, 15) is 0 Å². The predicted octanol–water partition coefficient (Wildman–Crippen LogP) is 7.85. The van der Waals surface area contributed by atoms with Crippen molar-refractivity contribution in [2.45, 2.75) is 85.5 Å². The predicted molar refractivity (Wildman–Crippen MR) is 110 cm³/mol. The third-order valence-electron chi connectivity index (χ3n) is 5.26. The first kappa shape index (κ1) is 20.7. The molecule has 1 unspecified atom stereocenters. The molecule has 0 aliphatic rings. The quantitative estimate of drug-likeness (QED) is 0.363. The molecule has 1 atom stereocenters. The monoisotopic (exact) mass is 326 g/mol. The van der Waals surface area contributed by atoms with Gasteiger partial charge >= 0.3 is 0 Å². The first-order chi connectivity index (χ1) is 11.6. The molecule has 0 nitrogen and oxygen atoms in total. The highest BCUT2D eigenvalue weighted by Gasteiger charge is 2.15. The van der Waals surface area contributed by atoms with Crippen LogP contribution in [0.3, 0.4) is 0 Å². The fourth-order valence-electron chi connectivity index (χ4n) is 3.98. The number of allylic oxidation sites excluding steroid dienone is 3. The van der Waals surface area contributed by atoms with Gasteiger partial charge in [0.1, 0.15) is 0 Å². The molecule has 0 saturated carbocycles. The Morgan fingerprint density at radius 1 is 1.08 bits per heavy atom. The third-order valence-corrected chi connectivity index (χ3v) is 5.26. The van der Waals surface area contributed by atoms with Gasteiger partial charge in [-0.1, -0.05) is 88.6 Å². The lowest BCUT2D eigenvalue weighted by Gasteiger charge is -2.22. The smallest absolute Gasteiger partial charge is 0.000472 e. The van der Waals surface area contributed by atoms with E-state index in [2.05, 4.69) is 71.5 Å². The Kier molecular flexibility index (Phi) is 9.76. The maximum Gasteiger partial charge on any atom is 0.000472 e. The zero-order chi connectivity index (χ0) is 17.9. The molecule has 0 spiro atoms. The van der Waals surface area contributed by atoms with Crippen LogP contribution in [0.5, 0.6) is 0 Å². The van der Waals surface area contributed by atoms with Crippen LogP contribution >= 0.6 is 0 Å². The van der Waals surface area contributed by atoms with E-state index in [1.165, 1.54) is 48.0 Å². The third kappa shape index (κ3) is 5.96. The molecule has 0 bridgehead atoms. The van der Waals surface area contributed by atoms with Crippen molar-refractivity contribution in [1.82, 2.24) is 0 Å². The van der Waals surface area contributed by atoms with Crippen molar-refractivity contribution in [3.63, 3.8) is 0 Å². The Labute approximate surface area is 151 Å². The van der Waals surface area contributed by atoms with E-state index in [1.807, 2.05) is 0 Å². The highest BCUT2D eigenvalue weighted by Crippen LogP contribution is 2.30. The minimum atomic E-state index is 0.533. The first-order valence-corrected chi connectivity index (χ1v) is 10.0. The Hall–Kier alpha value is -1.30. The molecule has 0 fully saturated rings. The molecule has 0 amide bonds. The summed E-state index contributed by atoms with van der Waals surface area (Å²) in [6.07, 6.45) is 10.7. The van der Waals surface area contributed by atoms with E-state index in [0.717, 1.165) is 25.2 Å². The van der Waals surface area contributed by atoms with Gasteiger partial charge in [0.05, 0.1) is 0 Å². The van der Waals surface area contributed by atoms with E-state index in [1.54, 1.807) is 0 Å². The van der Waals surface area contributed by atoms with Crippen molar-refractivity contribution in [3.8, 4) is 0 Å². The van der Waals surface area contributed by atoms with Gasteiger partial charge in [-0.15, -0.1) is 0 Å². The standard InChI is InChI=1S/C24H38/c1-7-13-22(14-8-2)23-16-12-15-20(18-23)17-19(6)24(11-5)21(9-3)10-4/h9,12,15-16,18,22,24H,6-8,10-11,13-14,17H2,1-5H3/b21-9-. The highest BCUT2D eigenvalue weighted by atomic mass is 14.2. The Morgan fingerprint density at radius 2 is 1.75 bits per heavy atom. The molecule has 0 aliphatic carbocycles. The molecule has 0 radical (unpaired) electrons. The summed E-state index contributed by atoms with van der Waals surface area (Å²) in [5.41, 5.74) is 5.86. The summed E-state index contributed by atoms with van der Waals surface area (Å²) in [7, 11) is 0. The topological polar surface area (TPSA) is 0 Å². The van der Waals surface area contributed by atoms with Crippen molar-refractivity contribution < 1.29 is 0 Å².